The van der Waals surface area contributed by atoms with Gasteiger partial charge < -0.3 is 9.47 Å². The monoisotopic (exact) mass is 494 g/mol. The van der Waals surface area contributed by atoms with E-state index in [1.54, 1.807) is 24.3 Å². The molecule has 1 aromatic heterocycles. The number of benzene rings is 2. The van der Waals surface area contributed by atoms with Crippen molar-refractivity contribution in [3.63, 3.8) is 0 Å². The third kappa shape index (κ3) is 5.79. The van der Waals surface area contributed by atoms with Crippen LogP contribution in [0.5, 0.6) is 0 Å². The zero-order valence-corrected chi connectivity index (χ0v) is 20.7. The minimum Gasteiger partial charge on any atom is -0.354 e. The molecule has 0 aliphatic rings. The molecule has 0 saturated heterocycles. The first-order valence-corrected chi connectivity index (χ1v) is 12.4. The van der Waals surface area contributed by atoms with E-state index in [4.69, 9.17) is 9.47 Å². The number of hydrogen-bond acceptors (Lipinski definition) is 7. The maximum absolute atomic E-state index is 13.7. The van der Waals surface area contributed by atoms with Crippen LogP contribution in [-0.2, 0) is 26.0 Å². The topological polar surface area (TPSA) is 86.5 Å². The van der Waals surface area contributed by atoms with E-state index in [9.17, 15) is 12.8 Å². The van der Waals surface area contributed by atoms with Crippen molar-refractivity contribution >= 4 is 21.8 Å². The molecule has 3 rings (SSSR count). The van der Waals surface area contributed by atoms with Crippen molar-refractivity contribution in [2.75, 3.05) is 28.3 Å². The van der Waals surface area contributed by atoms with Crippen LogP contribution >= 0.6 is 11.8 Å². The minimum atomic E-state index is -3.62. The molecule has 0 aliphatic carbocycles. The van der Waals surface area contributed by atoms with E-state index in [0.29, 0.717) is 16.5 Å². The van der Waals surface area contributed by atoms with E-state index in [-0.39, 0.29) is 22.5 Å². The molecule has 178 valence electrons. The predicted molar refractivity (Wildman–Crippen MR) is 125 cm³/mol. The van der Waals surface area contributed by atoms with Crippen molar-refractivity contribution in [3.05, 3.63) is 59.9 Å². The summed E-state index contributed by atoms with van der Waals surface area (Å²) in [5.74, 6) is 0.165. The molecule has 0 aliphatic heterocycles. The second-order valence-corrected chi connectivity index (χ2v) is 10.9. The summed E-state index contributed by atoms with van der Waals surface area (Å²) in [4.78, 5) is 0.150. The summed E-state index contributed by atoms with van der Waals surface area (Å²) < 4.78 is 52.6. The largest absolute Gasteiger partial charge is 0.354 e. The lowest BCUT2D eigenvalue weighted by atomic mass is 10.2. The smallest absolute Gasteiger partial charge is 0.242 e. The van der Waals surface area contributed by atoms with Gasteiger partial charge in [0.2, 0.25) is 10.0 Å². The average Bonchev–Trinajstić information content (AvgIpc) is 3.19. The van der Waals surface area contributed by atoms with Gasteiger partial charge in [-0.1, -0.05) is 36.0 Å². The van der Waals surface area contributed by atoms with Crippen LogP contribution in [0.4, 0.5) is 4.39 Å². The molecule has 0 amide bonds. The van der Waals surface area contributed by atoms with Gasteiger partial charge in [0.15, 0.2) is 17.3 Å². The number of halogens is 1. The molecule has 1 unspecified atom stereocenters. The van der Waals surface area contributed by atoms with Gasteiger partial charge in [-0.2, -0.15) is 0 Å². The van der Waals surface area contributed by atoms with E-state index < -0.39 is 16.3 Å². The molecule has 1 heterocycles. The average molecular weight is 495 g/mol. The zero-order chi connectivity index (χ0) is 24.2. The fourth-order valence-electron chi connectivity index (χ4n) is 3.14. The molecule has 0 fully saturated rings. The molecule has 0 N–H and O–H groups in total. The van der Waals surface area contributed by atoms with Crippen molar-refractivity contribution < 1.29 is 22.3 Å². The second-order valence-electron chi connectivity index (χ2n) is 7.45. The van der Waals surface area contributed by atoms with E-state index in [1.807, 2.05) is 17.6 Å². The summed E-state index contributed by atoms with van der Waals surface area (Å²) in [6.07, 6.45) is -0.572. The lowest BCUT2D eigenvalue weighted by Crippen LogP contribution is -2.22. The molecule has 2 aromatic carbocycles. The molecule has 3 aromatic rings. The highest BCUT2D eigenvalue weighted by Gasteiger charge is 2.23. The summed E-state index contributed by atoms with van der Waals surface area (Å²) in [6, 6.07) is 12.9. The van der Waals surface area contributed by atoms with Gasteiger partial charge in [0, 0.05) is 39.1 Å². The summed E-state index contributed by atoms with van der Waals surface area (Å²) in [5.41, 5.74) is 1.40. The SMILES string of the molecule is COC(Cn1c(SC(C)c2cccc(F)c2)nnc1-c1cccc(S(=O)(=O)N(C)C)c1)OC. The van der Waals surface area contributed by atoms with E-state index in [1.165, 1.54) is 58.3 Å². The lowest BCUT2D eigenvalue weighted by Gasteiger charge is -2.18. The number of sulfonamides is 1. The highest BCUT2D eigenvalue weighted by atomic mass is 32.2. The first-order valence-electron chi connectivity index (χ1n) is 10.1. The molecule has 0 bridgehead atoms. The summed E-state index contributed by atoms with van der Waals surface area (Å²) in [7, 11) is 2.41. The Labute approximate surface area is 197 Å². The van der Waals surface area contributed by atoms with Gasteiger partial charge in [0.05, 0.1) is 11.4 Å². The minimum absolute atomic E-state index is 0.111. The van der Waals surface area contributed by atoms with Crippen LogP contribution in [0.2, 0.25) is 0 Å². The van der Waals surface area contributed by atoms with Gasteiger partial charge in [-0.05, 0) is 36.8 Å². The maximum atomic E-state index is 13.7. The molecule has 11 heteroatoms. The number of ether oxygens (including phenoxy) is 2. The third-order valence-electron chi connectivity index (χ3n) is 5.05. The van der Waals surface area contributed by atoms with Crippen LogP contribution < -0.4 is 0 Å². The number of rotatable bonds is 10. The Kier molecular flexibility index (Phi) is 8.24. The quantitative estimate of drug-likeness (QED) is 0.313. The molecule has 33 heavy (non-hydrogen) atoms. The molecule has 8 nitrogen and oxygen atoms in total. The number of nitrogens with zero attached hydrogens (tertiary/aromatic N) is 4. The van der Waals surface area contributed by atoms with Gasteiger partial charge in [-0.25, -0.2) is 17.1 Å². The normalized spacial score (nSPS) is 13.1. The Morgan fingerprint density at radius 2 is 1.79 bits per heavy atom. The summed E-state index contributed by atoms with van der Waals surface area (Å²) >= 11 is 1.41. The fourth-order valence-corrected chi connectivity index (χ4v) is 5.06. The highest BCUT2D eigenvalue weighted by molar-refractivity contribution is 7.99. The van der Waals surface area contributed by atoms with Crippen molar-refractivity contribution in [2.24, 2.45) is 0 Å². The first-order chi connectivity index (χ1) is 15.7. The number of methoxy groups -OCH3 is 2. The predicted octanol–water partition coefficient (Wildman–Crippen LogP) is 3.81. The highest BCUT2D eigenvalue weighted by Crippen LogP contribution is 2.36. The van der Waals surface area contributed by atoms with E-state index >= 15 is 0 Å². The van der Waals surface area contributed by atoms with Gasteiger partial charge in [0.25, 0.3) is 0 Å². The zero-order valence-electron chi connectivity index (χ0n) is 19.1. The standard InChI is InChI=1S/C22H27FN4O4S2/c1-15(16-8-6-10-18(23)12-16)32-22-25-24-21(27(22)14-20(30-4)31-5)17-9-7-11-19(13-17)33(28,29)26(2)3/h6-13,15,20H,14H2,1-5H3. The van der Waals surface area contributed by atoms with Crippen molar-refractivity contribution in [1.82, 2.24) is 19.1 Å². The van der Waals surface area contributed by atoms with Crippen LogP contribution in [0.25, 0.3) is 11.4 Å². The summed E-state index contributed by atoms with van der Waals surface area (Å²) in [5, 5.41) is 9.14. The Balaban J connectivity index is 2.03. The summed E-state index contributed by atoms with van der Waals surface area (Å²) in [6.45, 7) is 2.23. The Morgan fingerprint density at radius 3 is 2.42 bits per heavy atom. The number of thioether (sulfide) groups is 1. The molecule has 0 radical (unpaired) electrons. The molecule has 0 saturated carbocycles. The molecule has 1 atom stereocenters. The van der Waals surface area contributed by atoms with Gasteiger partial charge >= 0.3 is 0 Å². The van der Waals surface area contributed by atoms with Crippen LogP contribution in [0.1, 0.15) is 17.7 Å². The van der Waals surface area contributed by atoms with Crippen LogP contribution in [0, 0.1) is 5.82 Å². The first kappa shape index (κ1) is 25.3. The van der Waals surface area contributed by atoms with Crippen LogP contribution in [0.15, 0.2) is 58.6 Å². The van der Waals surface area contributed by atoms with E-state index in [2.05, 4.69) is 10.2 Å². The third-order valence-corrected chi connectivity index (χ3v) is 8.00. The van der Waals surface area contributed by atoms with Gasteiger partial charge in [-0.15, -0.1) is 10.2 Å². The maximum Gasteiger partial charge on any atom is 0.242 e. The molecular formula is C22H27FN4O4S2. The lowest BCUT2D eigenvalue weighted by molar-refractivity contribution is -0.111. The Hall–Kier alpha value is -2.31. The van der Waals surface area contributed by atoms with Crippen molar-refractivity contribution in [1.29, 1.82) is 0 Å². The molecular weight excluding hydrogens is 467 g/mol. The fraction of sp³-hybridized carbons (Fsp3) is 0.364. The van der Waals surface area contributed by atoms with Crippen LogP contribution in [0.3, 0.4) is 0 Å². The second kappa shape index (κ2) is 10.7. The Morgan fingerprint density at radius 1 is 1.09 bits per heavy atom. The molecule has 0 spiro atoms. The van der Waals surface area contributed by atoms with Crippen LogP contribution in [-0.4, -0.2) is 62.1 Å². The van der Waals surface area contributed by atoms with Crippen molar-refractivity contribution in [3.8, 4) is 11.4 Å². The number of hydrogen-bond donors (Lipinski definition) is 0. The van der Waals surface area contributed by atoms with Gasteiger partial charge in [0.1, 0.15) is 5.82 Å². The Bertz CT molecular complexity index is 1200. The van der Waals surface area contributed by atoms with Gasteiger partial charge in [-0.3, -0.25) is 4.57 Å². The number of aromatic nitrogens is 3. The van der Waals surface area contributed by atoms with E-state index in [0.717, 1.165) is 9.87 Å². The van der Waals surface area contributed by atoms with Crippen molar-refractivity contribution in [2.45, 2.75) is 35.1 Å².